The van der Waals surface area contributed by atoms with Crippen molar-refractivity contribution in [1.82, 2.24) is 0 Å². The fraction of sp³-hybridized carbons (Fsp3) is 0.969. The molecule has 0 radical (unpaired) electrons. The van der Waals surface area contributed by atoms with Gasteiger partial charge in [0.1, 0.15) is 13.2 Å². The third-order valence-electron chi connectivity index (χ3n) is 8.39. The lowest BCUT2D eigenvalue weighted by Crippen LogP contribution is -2.41. The molecule has 0 aromatic heterocycles. The summed E-state index contributed by atoms with van der Waals surface area (Å²) in [5.74, 6) is -0.291. The summed E-state index contributed by atoms with van der Waals surface area (Å²) in [6, 6.07) is 0. The lowest BCUT2D eigenvalue weighted by Gasteiger charge is -2.33. The highest BCUT2D eigenvalue weighted by atomic mass is 31.2. The standard InChI is InChI=1S/C32H64NO6P/c1-6-8-9-10-11-12-13-14-15-16-17-18-19-20-21-22-23-26-32(31(34)37-7-2)27-24-25-30(32)39-40(35,36)38-29-28-33(3,4)5/h30H,6-29H2,1-5H3/p+1/t30-,32+/m0/s1. The summed E-state index contributed by atoms with van der Waals surface area (Å²) in [4.78, 5) is 23.5. The minimum absolute atomic E-state index is 0.121. The minimum atomic E-state index is -4.26. The average molecular weight is 591 g/mol. The molecule has 1 N–H and O–H groups in total. The monoisotopic (exact) mass is 590 g/mol. The molecule has 1 fully saturated rings. The predicted molar refractivity (Wildman–Crippen MR) is 165 cm³/mol. The summed E-state index contributed by atoms with van der Waals surface area (Å²) < 4.78 is 29.7. The van der Waals surface area contributed by atoms with Gasteiger partial charge in [0.25, 0.3) is 0 Å². The van der Waals surface area contributed by atoms with E-state index in [2.05, 4.69) is 6.92 Å². The van der Waals surface area contributed by atoms with Gasteiger partial charge in [-0.05, 0) is 32.6 Å². The molecule has 3 atom stereocenters. The molecule has 1 rings (SSSR count). The molecule has 0 spiro atoms. The van der Waals surface area contributed by atoms with Crippen molar-refractivity contribution in [2.75, 3.05) is 40.9 Å². The molecule has 8 heteroatoms. The number of phosphoric acid groups is 1. The van der Waals surface area contributed by atoms with Crippen LogP contribution in [0.5, 0.6) is 0 Å². The largest absolute Gasteiger partial charge is 0.472 e. The molecule has 238 valence electrons. The zero-order valence-corrected chi connectivity index (χ0v) is 27.8. The summed E-state index contributed by atoms with van der Waals surface area (Å²) in [7, 11) is 1.72. The zero-order valence-electron chi connectivity index (χ0n) is 26.9. The van der Waals surface area contributed by atoms with E-state index >= 15 is 0 Å². The third kappa shape index (κ3) is 16.9. The maximum atomic E-state index is 13.1. The van der Waals surface area contributed by atoms with Crippen LogP contribution in [0.1, 0.15) is 149 Å². The lowest BCUT2D eigenvalue weighted by molar-refractivity contribution is -0.870. The van der Waals surface area contributed by atoms with E-state index < -0.39 is 19.3 Å². The van der Waals surface area contributed by atoms with Crippen LogP contribution in [-0.4, -0.2) is 62.4 Å². The Morgan fingerprint density at radius 1 is 0.825 bits per heavy atom. The van der Waals surface area contributed by atoms with Gasteiger partial charge in [-0.1, -0.05) is 116 Å². The number of carbonyl (C=O) groups excluding carboxylic acids is 1. The number of hydrogen-bond acceptors (Lipinski definition) is 5. The van der Waals surface area contributed by atoms with Gasteiger partial charge in [-0.25, -0.2) is 4.57 Å². The molecular formula is C32H65NO6P+. The van der Waals surface area contributed by atoms with E-state index in [0.717, 1.165) is 25.7 Å². The van der Waals surface area contributed by atoms with Gasteiger partial charge < -0.3 is 14.1 Å². The molecule has 1 saturated carbocycles. The van der Waals surface area contributed by atoms with Crippen LogP contribution >= 0.6 is 7.82 Å². The van der Waals surface area contributed by atoms with E-state index in [1.807, 2.05) is 21.1 Å². The molecular weight excluding hydrogens is 525 g/mol. The Labute approximate surface area is 247 Å². The molecule has 0 aromatic rings. The Balaban J connectivity index is 2.29. The second-order valence-electron chi connectivity index (χ2n) is 13.1. The van der Waals surface area contributed by atoms with Crippen LogP contribution in [0.3, 0.4) is 0 Å². The SMILES string of the molecule is CCCCCCCCCCCCCCCCCCC[C@@]1(C(=O)OCC)CCC[C@@H]1OP(=O)(O)OCC[N+](C)(C)C. The number of phosphoric ester groups is 1. The van der Waals surface area contributed by atoms with Crippen molar-refractivity contribution in [2.24, 2.45) is 5.41 Å². The smallest absolute Gasteiger partial charge is 0.465 e. The topological polar surface area (TPSA) is 82.1 Å². The van der Waals surface area contributed by atoms with Crippen LogP contribution < -0.4 is 0 Å². The maximum Gasteiger partial charge on any atom is 0.472 e. The van der Waals surface area contributed by atoms with E-state index in [1.165, 1.54) is 89.9 Å². The van der Waals surface area contributed by atoms with Crippen molar-refractivity contribution in [3.8, 4) is 0 Å². The van der Waals surface area contributed by atoms with E-state index in [0.29, 0.717) is 36.9 Å². The molecule has 0 aromatic carbocycles. The molecule has 40 heavy (non-hydrogen) atoms. The molecule has 1 unspecified atom stereocenters. The van der Waals surface area contributed by atoms with Gasteiger partial charge in [-0.3, -0.25) is 13.8 Å². The highest BCUT2D eigenvalue weighted by Gasteiger charge is 2.52. The Morgan fingerprint density at radius 3 is 1.75 bits per heavy atom. The van der Waals surface area contributed by atoms with E-state index in [4.69, 9.17) is 13.8 Å². The van der Waals surface area contributed by atoms with E-state index in [-0.39, 0.29) is 12.6 Å². The van der Waals surface area contributed by atoms with Crippen molar-refractivity contribution < 1.29 is 32.5 Å². The number of rotatable bonds is 26. The van der Waals surface area contributed by atoms with Gasteiger partial charge in [-0.15, -0.1) is 0 Å². The molecule has 0 saturated heterocycles. The summed E-state index contributed by atoms with van der Waals surface area (Å²) in [6.07, 6.45) is 24.2. The van der Waals surface area contributed by atoms with Crippen LogP contribution in [0, 0.1) is 5.41 Å². The molecule has 0 heterocycles. The Bertz CT molecular complexity index is 697. The molecule has 7 nitrogen and oxygen atoms in total. The summed E-state index contributed by atoms with van der Waals surface area (Å²) >= 11 is 0. The Hall–Kier alpha value is -0.460. The third-order valence-corrected chi connectivity index (χ3v) is 9.42. The molecule has 1 aliphatic carbocycles. The maximum absolute atomic E-state index is 13.1. The second kappa shape index (κ2) is 21.3. The van der Waals surface area contributed by atoms with Crippen molar-refractivity contribution in [3.63, 3.8) is 0 Å². The van der Waals surface area contributed by atoms with Gasteiger partial charge in [0.2, 0.25) is 0 Å². The minimum Gasteiger partial charge on any atom is -0.465 e. The summed E-state index contributed by atoms with van der Waals surface area (Å²) in [6.45, 7) is 5.08. The number of nitrogens with zero attached hydrogens (tertiary/aromatic N) is 1. The Morgan fingerprint density at radius 2 is 1.30 bits per heavy atom. The molecule has 0 amide bonds. The summed E-state index contributed by atoms with van der Waals surface area (Å²) in [5, 5.41) is 0. The van der Waals surface area contributed by atoms with Gasteiger partial charge in [-0.2, -0.15) is 0 Å². The van der Waals surface area contributed by atoms with Gasteiger partial charge in [0.15, 0.2) is 0 Å². The zero-order chi connectivity index (χ0) is 29.7. The predicted octanol–water partition coefficient (Wildman–Crippen LogP) is 8.97. The van der Waals surface area contributed by atoms with Gasteiger partial charge in [0, 0.05) is 0 Å². The number of esters is 1. The first-order chi connectivity index (χ1) is 19.1. The van der Waals surface area contributed by atoms with Crippen LogP contribution in [0.25, 0.3) is 0 Å². The fourth-order valence-corrected chi connectivity index (χ4v) is 6.88. The number of hydrogen-bond donors (Lipinski definition) is 1. The van der Waals surface area contributed by atoms with Crippen LogP contribution in [0.2, 0.25) is 0 Å². The summed E-state index contributed by atoms with van der Waals surface area (Å²) in [5.41, 5.74) is -0.854. The molecule has 0 bridgehead atoms. The normalized spacial score (nSPS) is 21.0. The molecule has 1 aliphatic rings. The van der Waals surface area contributed by atoms with Crippen molar-refractivity contribution in [2.45, 2.75) is 155 Å². The van der Waals surface area contributed by atoms with Gasteiger partial charge in [0.05, 0.1) is 39.3 Å². The molecule has 0 aliphatic heterocycles. The first-order valence-corrected chi connectivity index (χ1v) is 18.2. The number of quaternary nitrogens is 1. The van der Waals surface area contributed by atoms with Crippen molar-refractivity contribution in [1.29, 1.82) is 0 Å². The first-order valence-electron chi connectivity index (χ1n) is 16.7. The number of carbonyl (C=O) groups is 1. The fourth-order valence-electron chi connectivity index (χ4n) is 5.88. The van der Waals surface area contributed by atoms with Crippen LogP contribution in [-0.2, 0) is 23.1 Å². The van der Waals surface area contributed by atoms with Crippen LogP contribution in [0.15, 0.2) is 0 Å². The highest BCUT2D eigenvalue weighted by Crippen LogP contribution is 2.54. The Kier molecular flexibility index (Phi) is 20.0. The first kappa shape index (κ1) is 37.6. The number of ether oxygens (including phenoxy) is 1. The second-order valence-corrected chi connectivity index (χ2v) is 14.5. The van der Waals surface area contributed by atoms with Crippen molar-refractivity contribution >= 4 is 13.8 Å². The van der Waals surface area contributed by atoms with Crippen molar-refractivity contribution in [3.05, 3.63) is 0 Å². The number of likely N-dealkylation sites (N-methyl/N-ethyl adjacent to an activating group) is 1. The van der Waals surface area contributed by atoms with E-state index in [9.17, 15) is 14.3 Å². The lowest BCUT2D eigenvalue weighted by atomic mass is 9.79. The van der Waals surface area contributed by atoms with E-state index in [1.54, 1.807) is 6.92 Å². The number of unbranched alkanes of at least 4 members (excludes halogenated alkanes) is 16. The quantitative estimate of drug-likeness (QED) is 0.0469. The van der Waals surface area contributed by atoms with Crippen LogP contribution in [0.4, 0.5) is 0 Å². The van der Waals surface area contributed by atoms with Gasteiger partial charge >= 0.3 is 13.8 Å². The average Bonchev–Trinajstić information content (AvgIpc) is 3.27. The highest BCUT2D eigenvalue weighted by molar-refractivity contribution is 7.47.